The van der Waals surface area contributed by atoms with E-state index < -0.39 is 0 Å². The van der Waals surface area contributed by atoms with Crippen LogP contribution in [0.3, 0.4) is 0 Å². The standard InChI is InChI=1S/C13H26N2O/c1-9(10-5-6-10)15-12(16)7-11(14)8-13(2,3)4/h9-11H,5-8,14H2,1-4H3,(H,15,16). The van der Waals surface area contributed by atoms with Crippen molar-refractivity contribution in [3.63, 3.8) is 0 Å². The van der Waals surface area contributed by atoms with Gasteiger partial charge in [0.1, 0.15) is 0 Å². The third-order valence-electron chi connectivity index (χ3n) is 3.04. The molecule has 0 heterocycles. The van der Waals surface area contributed by atoms with E-state index in [4.69, 9.17) is 5.73 Å². The fourth-order valence-corrected chi connectivity index (χ4v) is 2.12. The fourth-order valence-electron chi connectivity index (χ4n) is 2.12. The highest BCUT2D eigenvalue weighted by Crippen LogP contribution is 2.32. The van der Waals surface area contributed by atoms with Gasteiger partial charge in [0.15, 0.2) is 0 Å². The van der Waals surface area contributed by atoms with Gasteiger partial charge in [0.25, 0.3) is 0 Å². The zero-order valence-electron chi connectivity index (χ0n) is 11.0. The van der Waals surface area contributed by atoms with E-state index in [2.05, 4.69) is 33.0 Å². The van der Waals surface area contributed by atoms with Crippen LogP contribution in [0.5, 0.6) is 0 Å². The van der Waals surface area contributed by atoms with Gasteiger partial charge >= 0.3 is 0 Å². The molecular weight excluding hydrogens is 200 g/mol. The van der Waals surface area contributed by atoms with Crippen molar-refractivity contribution in [2.45, 2.75) is 65.5 Å². The molecule has 16 heavy (non-hydrogen) atoms. The molecular formula is C13H26N2O. The molecule has 2 atom stereocenters. The minimum absolute atomic E-state index is 0.0218. The van der Waals surface area contributed by atoms with E-state index in [1.54, 1.807) is 0 Å². The van der Waals surface area contributed by atoms with Crippen LogP contribution in [-0.2, 0) is 4.79 Å². The Labute approximate surface area is 99.2 Å². The van der Waals surface area contributed by atoms with Gasteiger partial charge in [0.2, 0.25) is 5.91 Å². The SMILES string of the molecule is CC(NC(=O)CC(N)CC(C)(C)C)C1CC1. The van der Waals surface area contributed by atoms with Crippen LogP contribution in [0.2, 0.25) is 0 Å². The smallest absolute Gasteiger partial charge is 0.221 e. The van der Waals surface area contributed by atoms with Gasteiger partial charge in [0, 0.05) is 18.5 Å². The lowest BCUT2D eigenvalue weighted by Crippen LogP contribution is -2.38. The van der Waals surface area contributed by atoms with Crippen molar-refractivity contribution in [3.05, 3.63) is 0 Å². The van der Waals surface area contributed by atoms with Gasteiger partial charge in [0.05, 0.1) is 0 Å². The van der Waals surface area contributed by atoms with Gasteiger partial charge in [-0.2, -0.15) is 0 Å². The molecule has 0 saturated heterocycles. The highest BCUT2D eigenvalue weighted by molar-refractivity contribution is 5.76. The number of amides is 1. The molecule has 3 heteroatoms. The van der Waals surface area contributed by atoms with Crippen LogP contribution in [0, 0.1) is 11.3 Å². The maximum atomic E-state index is 11.7. The Morgan fingerprint density at radius 3 is 2.44 bits per heavy atom. The minimum atomic E-state index is -0.0218. The summed E-state index contributed by atoms with van der Waals surface area (Å²) in [6.45, 7) is 8.54. The predicted molar refractivity (Wildman–Crippen MR) is 67.0 cm³/mol. The van der Waals surface area contributed by atoms with Crippen molar-refractivity contribution in [2.24, 2.45) is 17.1 Å². The molecule has 0 aromatic carbocycles. The van der Waals surface area contributed by atoms with E-state index in [0.717, 1.165) is 6.42 Å². The van der Waals surface area contributed by atoms with Crippen LogP contribution in [0.25, 0.3) is 0 Å². The van der Waals surface area contributed by atoms with Crippen molar-refractivity contribution < 1.29 is 4.79 Å². The number of hydrogen-bond acceptors (Lipinski definition) is 2. The predicted octanol–water partition coefficient (Wildman–Crippen LogP) is 2.05. The molecule has 3 N–H and O–H groups in total. The van der Waals surface area contributed by atoms with Crippen molar-refractivity contribution in [2.75, 3.05) is 0 Å². The van der Waals surface area contributed by atoms with Crippen molar-refractivity contribution >= 4 is 5.91 Å². The summed E-state index contributed by atoms with van der Waals surface area (Å²) in [6, 6.07) is 0.306. The number of carbonyl (C=O) groups excluding carboxylic acids is 1. The maximum absolute atomic E-state index is 11.7. The number of nitrogens with two attached hydrogens (primary N) is 1. The summed E-state index contributed by atoms with van der Waals surface area (Å²) in [5.41, 5.74) is 6.16. The van der Waals surface area contributed by atoms with Gasteiger partial charge < -0.3 is 11.1 Å². The van der Waals surface area contributed by atoms with Crippen LogP contribution < -0.4 is 11.1 Å². The average Bonchev–Trinajstić information content (AvgIpc) is 2.79. The minimum Gasteiger partial charge on any atom is -0.353 e. The second-order valence-corrected chi connectivity index (χ2v) is 6.42. The Kier molecular flexibility index (Phi) is 4.36. The van der Waals surface area contributed by atoms with E-state index >= 15 is 0 Å². The molecule has 0 aliphatic heterocycles. The molecule has 0 bridgehead atoms. The Bertz CT molecular complexity index is 241. The summed E-state index contributed by atoms with van der Waals surface area (Å²) in [7, 11) is 0. The monoisotopic (exact) mass is 226 g/mol. The number of hydrogen-bond donors (Lipinski definition) is 2. The van der Waals surface area contributed by atoms with Crippen molar-refractivity contribution in [3.8, 4) is 0 Å². The molecule has 0 radical (unpaired) electrons. The van der Waals surface area contributed by atoms with Crippen LogP contribution >= 0.6 is 0 Å². The molecule has 1 aliphatic rings. The highest BCUT2D eigenvalue weighted by atomic mass is 16.1. The lowest BCUT2D eigenvalue weighted by Gasteiger charge is -2.23. The lowest BCUT2D eigenvalue weighted by molar-refractivity contribution is -0.122. The molecule has 94 valence electrons. The summed E-state index contributed by atoms with van der Waals surface area (Å²) in [6.07, 6.45) is 3.86. The first-order chi connectivity index (χ1) is 7.28. The molecule has 0 spiro atoms. The van der Waals surface area contributed by atoms with E-state index in [9.17, 15) is 4.79 Å². The number of rotatable bonds is 5. The second-order valence-electron chi connectivity index (χ2n) is 6.42. The average molecular weight is 226 g/mol. The van der Waals surface area contributed by atoms with E-state index in [1.165, 1.54) is 12.8 Å². The summed E-state index contributed by atoms with van der Waals surface area (Å²) < 4.78 is 0. The van der Waals surface area contributed by atoms with E-state index in [-0.39, 0.29) is 17.4 Å². The molecule has 2 unspecified atom stereocenters. The topological polar surface area (TPSA) is 55.1 Å². The zero-order chi connectivity index (χ0) is 12.3. The summed E-state index contributed by atoms with van der Waals surface area (Å²) in [5, 5.41) is 3.04. The Hall–Kier alpha value is -0.570. The zero-order valence-corrected chi connectivity index (χ0v) is 11.0. The number of carbonyl (C=O) groups is 1. The number of nitrogens with one attached hydrogen (secondary N) is 1. The second kappa shape index (κ2) is 5.17. The molecule has 1 fully saturated rings. The van der Waals surface area contributed by atoms with Gasteiger partial charge in [-0.3, -0.25) is 4.79 Å². The van der Waals surface area contributed by atoms with Gasteiger partial charge in [-0.1, -0.05) is 20.8 Å². The quantitative estimate of drug-likeness (QED) is 0.754. The van der Waals surface area contributed by atoms with Crippen molar-refractivity contribution in [1.82, 2.24) is 5.32 Å². The molecule has 1 rings (SSSR count). The fraction of sp³-hybridized carbons (Fsp3) is 0.923. The normalized spacial score (nSPS) is 20.3. The summed E-state index contributed by atoms with van der Waals surface area (Å²) in [4.78, 5) is 11.7. The van der Waals surface area contributed by atoms with E-state index in [0.29, 0.717) is 18.4 Å². The van der Waals surface area contributed by atoms with Gasteiger partial charge in [-0.25, -0.2) is 0 Å². The Balaban J connectivity index is 2.22. The summed E-state index contributed by atoms with van der Waals surface area (Å²) >= 11 is 0. The van der Waals surface area contributed by atoms with Crippen LogP contribution in [0.15, 0.2) is 0 Å². The first kappa shape index (κ1) is 13.5. The molecule has 3 nitrogen and oxygen atoms in total. The molecule has 1 amide bonds. The molecule has 0 aromatic heterocycles. The van der Waals surface area contributed by atoms with Crippen molar-refractivity contribution in [1.29, 1.82) is 0 Å². The maximum Gasteiger partial charge on any atom is 0.221 e. The van der Waals surface area contributed by atoms with E-state index in [1.807, 2.05) is 0 Å². The highest BCUT2D eigenvalue weighted by Gasteiger charge is 2.29. The third-order valence-corrected chi connectivity index (χ3v) is 3.04. The van der Waals surface area contributed by atoms with Gasteiger partial charge in [-0.15, -0.1) is 0 Å². The largest absolute Gasteiger partial charge is 0.353 e. The summed E-state index contributed by atoms with van der Waals surface area (Å²) in [5.74, 6) is 0.818. The van der Waals surface area contributed by atoms with Crippen LogP contribution in [0.1, 0.15) is 53.4 Å². The Morgan fingerprint density at radius 2 is 2.00 bits per heavy atom. The van der Waals surface area contributed by atoms with Crippen LogP contribution in [0.4, 0.5) is 0 Å². The van der Waals surface area contributed by atoms with Crippen LogP contribution in [-0.4, -0.2) is 18.0 Å². The first-order valence-electron chi connectivity index (χ1n) is 6.33. The molecule has 0 aromatic rings. The third kappa shape index (κ3) is 5.50. The first-order valence-corrected chi connectivity index (χ1v) is 6.33. The van der Waals surface area contributed by atoms with Gasteiger partial charge in [-0.05, 0) is 37.5 Å². The lowest BCUT2D eigenvalue weighted by atomic mass is 9.87. The molecule has 1 aliphatic carbocycles. The Morgan fingerprint density at radius 1 is 1.44 bits per heavy atom. The molecule has 1 saturated carbocycles.